The van der Waals surface area contributed by atoms with E-state index in [1.807, 2.05) is 25.1 Å². The van der Waals surface area contributed by atoms with Crippen molar-refractivity contribution in [3.63, 3.8) is 0 Å². The fraction of sp³-hybridized carbons (Fsp3) is 0.235. The number of hydrogen-bond acceptors (Lipinski definition) is 4. The summed E-state index contributed by atoms with van der Waals surface area (Å²) in [6.45, 7) is 3.59. The lowest BCUT2D eigenvalue weighted by Crippen LogP contribution is -2.37. The number of pyridine rings is 1. The molecular weight excluding hydrogens is 278 g/mol. The standard InChI is InChI=1S/C17H17N3O2/c1-12(15-7-9-19-10-8-15)20-17(21)13(2)22-16-5-3-14(11-18)4-6-16/h3-10,12-13H,1-2H3,(H,20,21). The van der Waals surface area contributed by atoms with Crippen molar-refractivity contribution < 1.29 is 9.53 Å². The Morgan fingerprint density at radius 1 is 1.18 bits per heavy atom. The highest BCUT2D eigenvalue weighted by Crippen LogP contribution is 2.15. The number of nitrogens with one attached hydrogen (secondary N) is 1. The van der Waals surface area contributed by atoms with Gasteiger partial charge in [-0.05, 0) is 55.8 Å². The van der Waals surface area contributed by atoms with Crippen LogP contribution in [0, 0.1) is 11.3 Å². The van der Waals surface area contributed by atoms with Crippen molar-refractivity contribution in [2.45, 2.75) is 26.0 Å². The third-order valence-electron chi connectivity index (χ3n) is 3.23. The molecular formula is C17H17N3O2. The summed E-state index contributed by atoms with van der Waals surface area (Å²) in [6, 6.07) is 12.3. The van der Waals surface area contributed by atoms with E-state index in [1.165, 1.54) is 0 Å². The number of carbonyl (C=O) groups excluding carboxylic acids is 1. The van der Waals surface area contributed by atoms with E-state index in [2.05, 4.69) is 10.3 Å². The number of carbonyl (C=O) groups is 1. The van der Waals surface area contributed by atoms with Crippen molar-refractivity contribution in [1.82, 2.24) is 10.3 Å². The summed E-state index contributed by atoms with van der Waals surface area (Å²) in [5.74, 6) is 0.354. The van der Waals surface area contributed by atoms with Crippen LogP contribution in [0.3, 0.4) is 0 Å². The molecule has 22 heavy (non-hydrogen) atoms. The van der Waals surface area contributed by atoms with Gasteiger partial charge in [0.15, 0.2) is 6.10 Å². The Hall–Kier alpha value is -2.87. The normalized spacial score (nSPS) is 12.8. The molecule has 0 aliphatic carbocycles. The fourth-order valence-electron chi connectivity index (χ4n) is 1.93. The molecule has 0 bridgehead atoms. The topological polar surface area (TPSA) is 75.0 Å². The number of rotatable bonds is 5. The summed E-state index contributed by atoms with van der Waals surface area (Å²) in [4.78, 5) is 16.1. The van der Waals surface area contributed by atoms with Gasteiger partial charge in [0.2, 0.25) is 0 Å². The minimum absolute atomic E-state index is 0.123. The van der Waals surface area contributed by atoms with Crippen molar-refractivity contribution in [3.05, 3.63) is 59.9 Å². The zero-order valence-electron chi connectivity index (χ0n) is 12.5. The van der Waals surface area contributed by atoms with Crippen LogP contribution in [0.2, 0.25) is 0 Å². The lowest BCUT2D eigenvalue weighted by Gasteiger charge is -2.19. The van der Waals surface area contributed by atoms with Crippen molar-refractivity contribution in [2.24, 2.45) is 0 Å². The van der Waals surface area contributed by atoms with Crippen LogP contribution in [0.1, 0.15) is 31.0 Å². The maximum Gasteiger partial charge on any atom is 0.261 e. The number of ether oxygens (including phenoxy) is 1. The second-order valence-electron chi connectivity index (χ2n) is 4.91. The molecule has 2 atom stereocenters. The molecule has 0 saturated heterocycles. The van der Waals surface area contributed by atoms with Crippen LogP contribution in [0.15, 0.2) is 48.8 Å². The lowest BCUT2D eigenvalue weighted by molar-refractivity contribution is -0.127. The monoisotopic (exact) mass is 295 g/mol. The Balaban J connectivity index is 1.93. The van der Waals surface area contributed by atoms with E-state index < -0.39 is 6.10 Å². The maximum absolute atomic E-state index is 12.2. The van der Waals surface area contributed by atoms with Crippen LogP contribution < -0.4 is 10.1 Å². The SMILES string of the molecule is CC(Oc1ccc(C#N)cc1)C(=O)NC(C)c1ccncc1. The summed E-state index contributed by atoms with van der Waals surface area (Å²) in [6.07, 6.45) is 2.75. The number of benzene rings is 1. The first-order valence-corrected chi connectivity index (χ1v) is 6.97. The highest BCUT2D eigenvalue weighted by Gasteiger charge is 2.17. The number of nitriles is 1. The van der Waals surface area contributed by atoms with E-state index >= 15 is 0 Å². The van der Waals surface area contributed by atoms with Crippen molar-refractivity contribution in [3.8, 4) is 11.8 Å². The van der Waals surface area contributed by atoms with Gasteiger partial charge in [0, 0.05) is 12.4 Å². The highest BCUT2D eigenvalue weighted by molar-refractivity contribution is 5.81. The minimum Gasteiger partial charge on any atom is -0.481 e. The largest absolute Gasteiger partial charge is 0.481 e. The van der Waals surface area contributed by atoms with E-state index in [0.717, 1.165) is 5.56 Å². The van der Waals surface area contributed by atoms with Gasteiger partial charge in [0.25, 0.3) is 5.91 Å². The van der Waals surface area contributed by atoms with Crippen LogP contribution in [0.5, 0.6) is 5.75 Å². The number of amides is 1. The third-order valence-corrected chi connectivity index (χ3v) is 3.23. The number of nitrogens with zero attached hydrogens (tertiary/aromatic N) is 2. The fourth-order valence-corrected chi connectivity index (χ4v) is 1.93. The van der Waals surface area contributed by atoms with Gasteiger partial charge in [-0.25, -0.2) is 0 Å². The molecule has 1 heterocycles. The first kappa shape index (κ1) is 15.5. The van der Waals surface area contributed by atoms with Crippen LogP contribution in [-0.4, -0.2) is 17.0 Å². The molecule has 1 amide bonds. The zero-order valence-corrected chi connectivity index (χ0v) is 12.5. The molecule has 2 unspecified atom stereocenters. The van der Waals surface area contributed by atoms with Gasteiger partial charge in [-0.1, -0.05) is 0 Å². The van der Waals surface area contributed by atoms with Crippen LogP contribution in [0.25, 0.3) is 0 Å². The summed E-state index contributed by atoms with van der Waals surface area (Å²) >= 11 is 0. The smallest absolute Gasteiger partial charge is 0.261 e. The first-order chi connectivity index (χ1) is 10.6. The second-order valence-corrected chi connectivity index (χ2v) is 4.91. The summed E-state index contributed by atoms with van der Waals surface area (Å²) in [7, 11) is 0. The van der Waals surface area contributed by atoms with E-state index in [0.29, 0.717) is 11.3 Å². The molecule has 0 aliphatic rings. The Morgan fingerprint density at radius 2 is 1.82 bits per heavy atom. The molecule has 0 aliphatic heterocycles. The molecule has 0 fully saturated rings. The van der Waals surface area contributed by atoms with Gasteiger partial charge < -0.3 is 10.1 Å². The van der Waals surface area contributed by atoms with Crippen LogP contribution in [-0.2, 0) is 4.79 Å². The molecule has 112 valence electrons. The second kappa shape index (κ2) is 7.23. The van der Waals surface area contributed by atoms with Crippen LogP contribution >= 0.6 is 0 Å². The summed E-state index contributed by atoms with van der Waals surface area (Å²) in [5.41, 5.74) is 1.53. The van der Waals surface area contributed by atoms with E-state index in [-0.39, 0.29) is 11.9 Å². The van der Waals surface area contributed by atoms with E-state index in [4.69, 9.17) is 10.00 Å². The zero-order chi connectivity index (χ0) is 15.9. The summed E-state index contributed by atoms with van der Waals surface area (Å²) < 4.78 is 5.58. The predicted molar refractivity (Wildman–Crippen MR) is 82.0 cm³/mol. The van der Waals surface area contributed by atoms with E-state index in [9.17, 15) is 4.79 Å². The van der Waals surface area contributed by atoms with Gasteiger partial charge in [-0.15, -0.1) is 0 Å². The first-order valence-electron chi connectivity index (χ1n) is 6.97. The lowest BCUT2D eigenvalue weighted by atomic mass is 10.1. The van der Waals surface area contributed by atoms with Gasteiger partial charge >= 0.3 is 0 Å². The molecule has 2 rings (SSSR count). The van der Waals surface area contributed by atoms with E-state index in [1.54, 1.807) is 43.6 Å². The molecule has 0 saturated carbocycles. The summed E-state index contributed by atoms with van der Waals surface area (Å²) in [5, 5.41) is 11.6. The van der Waals surface area contributed by atoms with Crippen molar-refractivity contribution in [1.29, 1.82) is 5.26 Å². The Morgan fingerprint density at radius 3 is 2.41 bits per heavy atom. The Labute approximate surface area is 129 Å². The third kappa shape index (κ3) is 4.06. The minimum atomic E-state index is -0.628. The van der Waals surface area contributed by atoms with Crippen molar-refractivity contribution >= 4 is 5.91 Å². The molecule has 2 aromatic rings. The average Bonchev–Trinajstić information content (AvgIpc) is 2.56. The van der Waals surface area contributed by atoms with Crippen molar-refractivity contribution in [2.75, 3.05) is 0 Å². The maximum atomic E-state index is 12.2. The Kier molecular flexibility index (Phi) is 5.10. The predicted octanol–water partition coefficient (Wildman–Crippen LogP) is 2.60. The Bertz CT molecular complexity index is 663. The molecule has 5 heteroatoms. The van der Waals surface area contributed by atoms with Crippen LogP contribution in [0.4, 0.5) is 0 Å². The average molecular weight is 295 g/mol. The molecule has 5 nitrogen and oxygen atoms in total. The van der Waals surface area contributed by atoms with Gasteiger partial charge in [-0.3, -0.25) is 9.78 Å². The molecule has 1 aromatic carbocycles. The van der Waals surface area contributed by atoms with Gasteiger partial charge in [0.1, 0.15) is 5.75 Å². The highest BCUT2D eigenvalue weighted by atomic mass is 16.5. The molecule has 1 N–H and O–H groups in total. The quantitative estimate of drug-likeness (QED) is 0.920. The number of aromatic nitrogens is 1. The van der Waals surface area contributed by atoms with Gasteiger partial charge in [-0.2, -0.15) is 5.26 Å². The van der Waals surface area contributed by atoms with Gasteiger partial charge in [0.05, 0.1) is 17.7 Å². The molecule has 1 aromatic heterocycles. The molecule has 0 spiro atoms. The molecule has 0 radical (unpaired) electrons. The number of hydrogen-bond donors (Lipinski definition) is 1.